The third-order valence-corrected chi connectivity index (χ3v) is 4.72. The lowest BCUT2D eigenvalue weighted by molar-refractivity contribution is -0.386. The predicted octanol–water partition coefficient (Wildman–Crippen LogP) is 4.21. The molecule has 0 saturated heterocycles. The molecule has 0 amide bonds. The van der Waals surface area contributed by atoms with E-state index in [9.17, 15) is 53.7 Å². The second kappa shape index (κ2) is 7.55. The second-order valence-corrected chi connectivity index (χ2v) is 6.73. The molecule has 0 saturated carbocycles. The maximum Gasteiger partial charge on any atom is 0.417 e. The van der Waals surface area contributed by atoms with Gasteiger partial charge in [0.15, 0.2) is 28.2 Å². The van der Waals surface area contributed by atoms with Crippen molar-refractivity contribution < 1.29 is 52.6 Å². The fourth-order valence-electron chi connectivity index (χ4n) is 2.16. The van der Waals surface area contributed by atoms with Crippen LogP contribution in [0.5, 0.6) is 0 Å². The Labute approximate surface area is 155 Å². The van der Waals surface area contributed by atoms with E-state index in [1.807, 2.05) is 0 Å². The Kier molecular flexibility index (Phi) is 5.85. The molecule has 0 heterocycles. The molecule has 0 fully saturated rings. The summed E-state index contributed by atoms with van der Waals surface area (Å²) in [5.41, 5.74) is -4.32. The number of hydrogen-bond acceptors (Lipinski definition) is 5. The lowest BCUT2D eigenvalue weighted by Gasteiger charge is -2.14. The van der Waals surface area contributed by atoms with Gasteiger partial charge in [0, 0.05) is 6.07 Å². The van der Waals surface area contributed by atoms with Crippen LogP contribution in [-0.2, 0) is 27.1 Å². The maximum absolute atomic E-state index is 13.6. The molecule has 158 valence electrons. The second-order valence-electron chi connectivity index (χ2n) is 5.17. The summed E-state index contributed by atoms with van der Waals surface area (Å²) < 4.78 is 133. The standard InChI is InChI=1S/C14H5F8NO5S/c15-8-9(16)11(18)13(12(19)10(8)17)29(26,27)28-4-5-6(14(20,21)22)2-1-3-7(5)23(24)25/h1-3H,4H2. The molecule has 0 radical (unpaired) electrons. The normalized spacial score (nSPS) is 12.3. The highest BCUT2D eigenvalue weighted by molar-refractivity contribution is 7.86. The Hall–Kier alpha value is -2.81. The van der Waals surface area contributed by atoms with Crippen LogP contribution in [0.2, 0.25) is 0 Å². The zero-order valence-corrected chi connectivity index (χ0v) is 14.2. The summed E-state index contributed by atoms with van der Waals surface area (Å²) in [4.78, 5) is 7.12. The number of hydrogen-bond donors (Lipinski definition) is 0. The highest BCUT2D eigenvalue weighted by Crippen LogP contribution is 2.37. The average Bonchev–Trinajstić information content (AvgIpc) is 2.62. The zero-order chi connectivity index (χ0) is 22.3. The van der Waals surface area contributed by atoms with Crippen molar-refractivity contribution in [1.82, 2.24) is 0 Å². The number of nitro benzene ring substituents is 1. The summed E-state index contributed by atoms with van der Waals surface area (Å²) in [6, 6.07) is 1.51. The van der Waals surface area contributed by atoms with Gasteiger partial charge in [-0.15, -0.1) is 0 Å². The van der Waals surface area contributed by atoms with Crippen molar-refractivity contribution >= 4 is 15.8 Å². The molecule has 2 aromatic carbocycles. The molecule has 0 aliphatic rings. The summed E-state index contributed by atoms with van der Waals surface area (Å²) in [6.07, 6.45) is -5.22. The van der Waals surface area contributed by atoms with E-state index in [1.165, 1.54) is 0 Å². The highest BCUT2D eigenvalue weighted by Gasteiger charge is 2.39. The smallest absolute Gasteiger partial charge is 0.261 e. The van der Waals surface area contributed by atoms with Gasteiger partial charge >= 0.3 is 16.3 Å². The van der Waals surface area contributed by atoms with Crippen LogP contribution in [0.4, 0.5) is 40.8 Å². The van der Waals surface area contributed by atoms with Crippen LogP contribution < -0.4 is 0 Å². The van der Waals surface area contributed by atoms with E-state index in [1.54, 1.807) is 0 Å². The zero-order valence-electron chi connectivity index (χ0n) is 13.4. The van der Waals surface area contributed by atoms with Crippen LogP contribution in [0, 0.1) is 39.2 Å². The minimum absolute atomic E-state index is 0.330. The van der Waals surface area contributed by atoms with E-state index in [-0.39, 0.29) is 0 Å². The molecule has 0 aromatic heterocycles. The van der Waals surface area contributed by atoms with Gasteiger partial charge in [-0.25, -0.2) is 22.0 Å². The molecule has 15 heteroatoms. The fourth-order valence-corrected chi connectivity index (χ4v) is 3.17. The molecule has 29 heavy (non-hydrogen) atoms. The molecule has 2 aromatic rings. The van der Waals surface area contributed by atoms with Crippen molar-refractivity contribution in [2.45, 2.75) is 17.7 Å². The van der Waals surface area contributed by atoms with Crippen LogP contribution in [0.3, 0.4) is 0 Å². The summed E-state index contributed by atoms with van der Waals surface area (Å²) in [7, 11) is -5.87. The van der Waals surface area contributed by atoms with Crippen LogP contribution in [-0.4, -0.2) is 13.3 Å². The van der Waals surface area contributed by atoms with Crippen LogP contribution >= 0.6 is 0 Å². The Balaban J connectivity index is 2.57. The molecule has 0 atom stereocenters. The first-order valence-electron chi connectivity index (χ1n) is 6.94. The molecule has 0 aliphatic carbocycles. The topological polar surface area (TPSA) is 86.5 Å². The molecule has 0 spiro atoms. The van der Waals surface area contributed by atoms with Crippen molar-refractivity contribution in [2.75, 3.05) is 0 Å². The van der Waals surface area contributed by atoms with E-state index in [4.69, 9.17) is 0 Å². The van der Waals surface area contributed by atoms with Gasteiger partial charge in [-0.1, -0.05) is 6.07 Å². The third-order valence-electron chi connectivity index (χ3n) is 3.43. The molecule has 0 N–H and O–H groups in total. The van der Waals surface area contributed by atoms with E-state index in [2.05, 4.69) is 4.18 Å². The summed E-state index contributed by atoms with van der Waals surface area (Å²) >= 11 is 0. The first-order chi connectivity index (χ1) is 13.2. The van der Waals surface area contributed by atoms with Crippen molar-refractivity contribution in [1.29, 1.82) is 0 Å². The van der Waals surface area contributed by atoms with Crippen molar-refractivity contribution in [3.63, 3.8) is 0 Å². The molecular formula is C14H5F8NO5S. The fraction of sp³-hybridized carbons (Fsp3) is 0.143. The first-order valence-corrected chi connectivity index (χ1v) is 8.35. The van der Waals surface area contributed by atoms with Crippen LogP contribution in [0.1, 0.15) is 11.1 Å². The number of halogens is 8. The van der Waals surface area contributed by atoms with Crippen molar-refractivity contribution in [2.24, 2.45) is 0 Å². The minimum Gasteiger partial charge on any atom is -0.261 e. The van der Waals surface area contributed by atoms with Gasteiger partial charge in [0.2, 0.25) is 5.82 Å². The maximum atomic E-state index is 13.6. The molecule has 6 nitrogen and oxygen atoms in total. The monoisotopic (exact) mass is 451 g/mol. The first kappa shape index (κ1) is 22.5. The minimum atomic E-state index is -5.87. The lowest BCUT2D eigenvalue weighted by Crippen LogP contribution is -2.17. The summed E-state index contributed by atoms with van der Waals surface area (Å²) in [5, 5.41) is 10.9. The molecule has 2 rings (SSSR count). The third kappa shape index (κ3) is 4.14. The number of alkyl halides is 3. The van der Waals surface area contributed by atoms with Gasteiger partial charge in [-0.2, -0.15) is 21.6 Å². The summed E-state index contributed by atoms with van der Waals surface area (Å²) in [5.74, 6) is -13.6. The molecule has 0 unspecified atom stereocenters. The van der Waals surface area contributed by atoms with Crippen LogP contribution in [0.15, 0.2) is 23.1 Å². The summed E-state index contributed by atoms with van der Waals surface area (Å²) in [6.45, 7) is -1.78. The van der Waals surface area contributed by atoms with Gasteiger partial charge in [-0.05, 0) is 6.07 Å². The number of nitro groups is 1. The Morgan fingerprint density at radius 2 is 1.41 bits per heavy atom. The molecule has 0 bridgehead atoms. The Morgan fingerprint density at radius 1 is 0.931 bits per heavy atom. The molecular weight excluding hydrogens is 446 g/mol. The van der Waals surface area contributed by atoms with Gasteiger partial charge in [0.05, 0.1) is 22.7 Å². The molecule has 0 aliphatic heterocycles. The Bertz CT molecular complexity index is 1070. The van der Waals surface area contributed by atoms with Gasteiger partial charge in [0.25, 0.3) is 5.69 Å². The van der Waals surface area contributed by atoms with E-state index in [0.717, 1.165) is 0 Å². The predicted molar refractivity (Wildman–Crippen MR) is 76.3 cm³/mol. The van der Waals surface area contributed by atoms with Crippen molar-refractivity contribution in [3.8, 4) is 0 Å². The quantitative estimate of drug-likeness (QED) is 0.170. The van der Waals surface area contributed by atoms with E-state index in [0.29, 0.717) is 18.2 Å². The lowest BCUT2D eigenvalue weighted by atomic mass is 10.1. The van der Waals surface area contributed by atoms with Crippen LogP contribution in [0.25, 0.3) is 0 Å². The van der Waals surface area contributed by atoms with Gasteiger partial charge in [-0.3, -0.25) is 14.3 Å². The Morgan fingerprint density at radius 3 is 1.86 bits per heavy atom. The number of rotatable bonds is 5. The highest BCUT2D eigenvalue weighted by atomic mass is 32.2. The van der Waals surface area contributed by atoms with Crippen molar-refractivity contribution in [3.05, 3.63) is 68.5 Å². The number of nitrogens with zero attached hydrogens (tertiary/aromatic N) is 1. The SMILES string of the molecule is O=[N+]([O-])c1cccc(C(F)(F)F)c1COS(=O)(=O)c1c(F)c(F)c(F)c(F)c1F. The van der Waals surface area contributed by atoms with Gasteiger partial charge in [0.1, 0.15) is 0 Å². The van der Waals surface area contributed by atoms with E-state index >= 15 is 0 Å². The average molecular weight is 451 g/mol. The largest absolute Gasteiger partial charge is 0.417 e. The van der Waals surface area contributed by atoms with Gasteiger partial charge < -0.3 is 0 Å². The van der Waals surface area contributed by atoms with E-state index < -0.39 is 78.6 Å². The number of benzene rings is 2.